The molecule has 0 bridgehead atoms. The fourth-order valence-corrected chi connectivity index (χ4v) is 1.72. The minimum absolute atomic E-state index is 0.300. The summed E-state index contributed by atoms with van der Waals surface area (Å²) in [7, 11) is 0. The second-order valence-electron chi connectivity index (χ2n) is 4.02. The molecule has 0 saturated heterocycles. The number of benzene rings is 1. The summed E-state index contributed by atoms with van der Waals surface area (Å²) >= 11 is 0. The quantitative estimate of drug-likeness (QED) is 0.880. The summed E-state index contributed by atoms with van der Waals surface area (Å²) in [4.78, 5) is 4.11. The van der Waals surface area contributed by atoms with Crippen LogP contribution in [-0.2, 0) is 13.1 Å². The van der Waals surface area contributed by atoms with Crippen molar-refractivity contribution in [1.29, 1.82) is 0 Å². The molecule has 4 nitrogen and oxygen atoms in total. The Kier molecular flexibility index (Phi) is 3.94. The fraction of sp³-hybridized carbons (Fsp3) is 0.308. The highest BCUT2D eigenvalue weighted by atomic mass is 19.1. The summed E-state index contributed by atoms with van der Waals surface area (Å²) in [6, 6.07) is 4.52. The van der Waals surface area contributed by atoms with Crippen LogP contribution in [0.25, 0.3) is 0 Å². The smallest absolute Gasteiger partial charge is 0.127 e. The van der Waals surface area contributed by atoms with Crippen LogP contribution in [0.4, 0.5) is 4.39 Å². The summed E-state index contributed by atoms with van der Waals surface area (Å²) in [5, 5.41) is 0. The second kappa shape index (κ2) is 5.64. The maximum Gasteiger partial charge on any atom is 0.127 e. The predicted octanol–water partition coefficient (Wildman–Crippen LogP) is 1.87. The molecular formula is C13H16FN3O. The van der Waals surface area contributed by atoms with Crippen LogP contribution >= 0.6 is 0 Å². The number of rotatable bonds is 5. The SMILES string of the molecule is Cc1nccn1CCOc1cc(F)cc(CN)c1. The number of hydrogen-bond donors (Lipinski definition) is 1. The molecule has 0 unspecified atom stereocenters. The van der Waals surface area contributed by atoms with Crippen molar-refractivity contribution >= 4 is 0 Å². The van der Waals surface area contributed by atoms with E-state index in [0.717, 1.165) is 11.4 Å². The van der Waals surface area contributed by atoms with Crippen LogP contribution < -0.4 is 10.5 Å². The molecule has 0 aliphatic rings. The third kappa shape index (κ3) is 3.07. The lowest BCUT2D eigenvalue weighted by Gasteiger charge is -2.09. The lowest BCUT2D eigenvalue weighted by molar-refractivity contribution is 0.295. The molecule has 1 heterocycles. The number of aromatic nitrogens is 2. The number of halogens is 1. The van der Waals surface area contributed by atoms with E-state index in [1.165, 1.54) is 12.1 Å². The van der Waals surface area contributed by atoms with E-state index in [4.69, 9.17) is 10.5 Å². The van der Waals surface area contributed by atoms with Gasteiger partial charge in [0.2, 0.25) is 0 Å². The van der Waals surface area contributed by atoms with Gasteiger partial charge in [0.1, 0.15) is 24.0 Å². The number of imidazole rings is 1. The van der Waals surface area contributed by atoms with Gasteiger partial charge in [0.05, 0.1) is 6.54 Å². The molecule has 1 aromatic carbocycles. The van der Waals surface area contributed by atoms with Crippen LogP contribution in [0.2, 0.25) is 0 Å². The monoisotopic (exact) mass is 249 g/mol. The first kappa shape index (κ1) is 12.6. The Morgan fingerprint density at radius 2 is 2.22 bits per heavy atom. The van der Waals surface area contributed by atoms with Gasteiger partial charge in [0.15, 0.2) is 0 Å². The van der Waals surface area contributed by atoms with Crippen molar-refractivity contribution in [2.75, 3.05) is 6.61 Å². The van der Waals surface area contributed by atoms with E-state index in [1.807, 2.05) is 17.7 Å². The lowest BCUT2D eigenvalue weighted by Crippen LogP contribution is -2.09. The molecular weight excluding hydrogens is 233 g/mol. The highest BCUT2D eigenvalue weighted by Crippen LogP contribution is 2.16. The first-order valence-electron chi connectivity index (χ1n) is 5.79. The Morgan fingerprint density at radius 3 is 2.89 bits per heavy atom. The lowest BCUT2D eigenvalue weighted by atomic mass is 10.2. The van der Waals surface area contributed by atoms with E-state index in [0.29, 0.717) is 25.4 Å². The summed E-state index contributed by atoms with van der Waals surface area (Å²) in [5.74, 6) is 1.11. The molecule has 0 spiro atoms. The standard InChI is InChI=1S/C13H16FN3O/c1-10-16-2-3-17(10)4-5-18-13-7-11(9-15)6-12(14)8-13/h2-3,6-8H,4-5,9,15H2,1H3. The highest BCUT2D eigenvalue weighted by Gasteiger charge is 2.02. The molecule has 18 heavy (non-hydrogen) atoms. The van der Waals surface area contributed by atoms with Crippen molar-refractivity contribution in [3.8, 4) is 5.75 Å². The molecule has 1 aromatic heterocycles. The van der Waals surface area contributed by atoms with Gasteiger partial charge in [-0.1, -0.05) is 0 Å². The average molecular weight is 249 g/mol. The van der Waals surface area contributed by atoms with Gasteiger partial charge in [-0.15, -0.1) is 0 Å². The van der Waals surface area contributed by atoms with E-state index in [2.05, 4.69) is 4.98 Å². The van der Waals surface area contributed by atoms with Crippen LogP contribution in [0.15, 0.2) is 30.6 Å². The average Bonchev–Trinajstić information content (AvgIpc) is 2.74. The zero-order valence-electron chi connectivity index (χ0n) is 10.3. The van der Waals surface area contributed by atoms with E-state index < -0.39 is 0 Å². The third-order valence-corrected chi connectivity index (χ3v) is 2.69. The molecule has 0 saturated carbocycles. The second-order valence-corrected chi connectivity index (χ2v) is 4.02. The molecule has 2 aromatic rings. The van der Waals surface area contributed by atoms with E-state index in [9.17, 15) is 4.39 Å². The zero-order valence-corrected chi connectivity index (χ0v) is 10.3. The van der Waals surface area contributed by atoms with Gasteiger partial charge in [-0.05, 0) is 24.6 Å². The third-order valence-electron chi connectivity index (χ3n) is 2.69. The van der Waals surface area contributed by atoms with Crippen LogP contribution in [0, 0.1) is 12.7 Å². The maximum absolute atomic E-state index is 13.2. The fourth-order valence-electron chi connectivity index (χ4n) is 1.72. The Balaban J connectivity index is 1.94. The zero-order chi connectivity index (χ0) is 13.0. The van der Waals surface area contributed by atoms with Gasteiger partial charge < -0.3 is 15.0 Å². The van der Waals surface area contributed by atoms with Crippen LogP contribution in [-0.4, -0.2) is 16.2 Å². The number of aryl methyl sites for hydroxylation is 1. The van der Waals surface area contributed by atoms with E-state index >= 15 is 0 Å². The van der Waals surface area contributed by atoms with Crippen molar-refractivity contribution in [3.63, 3.8) is 0 Å². The van der Waals surface area contributed by atoms with Crippen molar-refractivity contribution < 1.29 is 9.13 Å². The minimum Gasteiger partial charge on any atom is -0.492 e. The molecule has 0 radical (unpaired) electrons. The van der Waals surface area contributed by atoms with Gasteiger partial charge in [-0.2, -0.15) is 0 Å². The summed E-state index contributed by atoms with van der Waals surface area (Å²) in [6.07, 6.45) is 3.62. The van der Waals surface area contributed by atoms with Crippen LogP contribution in [0.3, 0.4) is 0 Å². The number of nitrogens with two attached hydrogens (primary N) is 1. The molecule has 96 valence electrons. The number of nitrogens with zero attached hydrogens (tertiary/aromatic N) is 2. The Bertz CT molecular complexity index is 525. The van der Waals surface area contributed by atoms with E-state index in [1.54, 1.807) is 12.3 Å². The largest absolute Gasteiger partial charge is 0.492 e. The summed E-state index contributed by atoms with van der Waals surface area (Å²) in [5.41, 5.74) is 6.20. The normalized spacial score (nSPS) is 10.6. The van der Waals surface area contributed by atoms with Crippen molar-refractivity contribution in [1.82, 2.24) is 9.55 Å². The van der Waals surface area contributed by atoms with Crippen molar-refractivity contribution in [3.05, 3.63) is 47.8 Å². The van der Waals surface area contributed by atoms with Gasteiger partial charge in [0, 0.05) is 25.0 Å². The molecule has 0 aliphatic heterocycles. The topological polar surface area (TPSA) is 53.1 Å². The first-order chi connectivity index (χ1) is 8.69. The number of ether oxygens (including phenoxy) is 1. The minimum atomic E-state index is -0.327. The molecule has 2 rings (SSSR count). The first-order valence-corrected chi connectivity index (χ1v) is 5.79. The molecule has 5 heteroatoms. The van der Waals surface area contributed by atoms with Gasteiger partial charge >= 0.3 is 0 Å². The molecule has 0 fully saturated rings. The summed E-state index contributed by atoms with van der Waals surface area (Å²) in [6.45, 7) is 3.37. The van der Waals surface area contributed by atoms with Gasteiger partial charge in [-0.3, -0.25) is 0 Å². The Hall–Kier alpha value is -1.88. The van der Waals surface area contributed by atoms with Crippen molar-refractivity contribution in [2.24, 2.45) is 5.73 Å². The molecule has 0 atom stereocenters. The number of hydrogen-bond acceptors (Lipinski definition) is 3. The maximum atomic E-state index is 13.2. The molecule has 2 N–H and O–H groups in total. The predicted molar refractivity (Wildman–Crippen MR) is 66.8 cm³/mol. The van der Waals surface area contributed by atoms with E-state index in [-0.39, 0.29) is 5.82 Å². The Labute approximate surface area is 105 Å². The van der Waals surface area contributed by atoms with Gasteiger partial charge in [0.25, 0.3) is 0 Å². The van der Waals surface area contributed by atoms with Gasteiger partial charge in [-0.25, -0.2) is 9.37 Å². The van der Waals surface area contributed by atoms with Crippen LogP contribution in [0.5, 0.6) is 5.75 Å². The van der Waals surface area contributed by atoms with Crippen LogP contribution in [0.1, 0.15) is 11.4 Å². The van der Waals surface area contributed by atoms with Crippen molar-refractivity contribution in [2.45, 2.75) is 20.0 Å². The molecule has 0 amide bonds. The molecule has 0 aliphatic carbocycles. The summed E-state index contributed by atoms with van der Waals surface area (Å²) < 4.78 is 20.7. The highest BCUT2D eigenvalue weighted by molar-refractivity contribution is 5.29. The Morgan fingerprint density at radius 1 is 1.39 bits per heavy atom.